The lowest BCUT2D eigenvalue weighted by Crippen LogP contribution is -2.29. The molecule has 0 radical (unpaired) electrons. The van der Waals surface area contributed by atoms with Crippen LogP contribution in [0.5, 0.6) is 0 Å². The summed E-state index contributed by atoms with van der Waals surface area (Å²) >= 11 is 16.7. The fourth-order valence-electron chi connectivity index (χ4n) is 1.02. The number of hydrogen-bond acceptors (Lipinski definition) is 2. The van der Waals surface area contributed by atoms with Gasteiger partial charge >= 0.3 is 0 Å². The van der Waals surface area contributed by atoms with Crippen molar-refractivity contribution in [2.45, 2.75) is 17.2 Å². The first-order valence-corrected chi connectivity index (χ1v) is 7.20. The quantitative estimate of drug-likeness (QED) is 0.684. The number of alkyl halides is 1. The Labute approximate surface area is 114 Å². The summed E-state index contributed by atoms with van der Waals surface area (Å²) in [6, 6.07) is 2.26. The largest absolute Gasteiger partial charge is 0.242 e. The number of sulfonamides is 1. The normalized spacial score (nSPS) is 13.7. The van der Waals surface area contributed by atoms with Crippen molar-refractivity contribution in [1.29, 1.82) is 0 Å². The number of halogens is 4. The molecule has 1 N–H and O–H groups in total. The fourth-order valence-corrected chi connectivity index (χ4v) is 3.06. The zero-order valence-corrected chi connectivity index (χ0v) is 11.8. The predicted molar refractivity (Wildman–Crippen MR) is 66.9 cm³/mol. The van der Waals surface area contributed by atoms with E-state index in [1.54, 1.807) is 6.92 Å². The summed E-state index contributed by atoms with van der Waals surface area (Å²) in [7, 11) is -3.89. The SMILES string of the molecule is CC(Cl)CNS(=O)(=O)c1ccc(Cl)c(F)c1Cl. The number of hydrogen-bond donors (Lipinski definition) is 1. The van der Waals surface area contributed by atoms with Crippen LogP contribution in [0.3, 0.4) is 0 Å². The van der Waals surface area contributed by atoms with Gasteiger partial charge in [-0.2, -0.15) is 0 Å². The molecule has 96 valence electrons. The van der Waals surface area contributed by atoms with Gasteiger partial charge in [-0.05, 0) is 19.1 Å². The second-order valence-electron chi connectivity index (χ2n) is 3.31. The van der Waals surface area contributed by atoms with Crippen LogP contribution >= 0.6 is 34.8 Å². The van der Waals surface area contributed by atoms with Crippen molar-refractivity contribution < 1.29 is 12.8 Å². The van der Waals surface area contributed by atoms with Crippen molar-refractivity contribution in [1.82, 2.24) is 4.72 Å². The van der Waals surface area contributed by atoms with Gasteiger partial charge in [0.15, 0.2) is 5.82 Å². The molecule has 0 spiro atoms. The molecule has 1 unspecified atom stereocenters. The van der Waals surface area contributed by atoms with Crippen molar-refractivity contribution >= 4 is 44.8 Å². The molecular weight excluding hydrogens is 312 g/mol. The highest BCUT2D eigenvalue weighted by Gasteiger charge is 2.21. The Morgan fingerprint density at radius 2 is 2.00 bits per heavy atom. The molecule has 0 aliphatic rings. The lowest BCUT2D eigenvalue weighted by Gasteiger charge is -2.10. The van der Waals surface area contributed by atoms with Crippen molar-refractivity contribution in [3.8, 4) is 0 Å². The van der Waals surface area contributed by atoms with E-state index in [0.717, 1.165) is 12.1 Å². The molecule has 0 aliphatic heterocycles. The lowest BCUT2D eigenvalue weighted by molar-refractivity contribution is 0.577. The molecule has 0 fully saturated rings. The summed E-state index contributed by atoms with van der Waals surface area (Å²) in [4.78, 5) is -0.363. The van der Waals surface area contributed by atoms with E-state index in [-0.39, 0.29) is 21.8 Å². The average Bonchev–Trinajstić information content (AvgIpc) is 2.23. The summed E-state index contributed by atoms with van der Waals surface area (Å²) in [5, 5.41) is -1.16. The molecule has 0 saturated heterocycles. The van der Waals surface area contributed by atoms with Crippen LogP contribution in [0.2, 0.25) is 10.0 Å². The maximum atomic E-state index is 13.3. The highest BCUT2D eigenvalue weighted by atomic mass is 35.5. The highest BCUT2D eigenvalue weighted by Crippen LogP contribution is 2.29. The van der Waals surface area contributed by atoms with Crippen molar-refractivity contribution in [2.24, 2.45) is 0 Å². The first-order chi connectivity index (χ1) is 7.75. The first kappa shape index (κ1) is 15.0. The van der Waals surface area contributed by atoms with Gasteiger partial charge in [-0.3, -0.25) is 0 Å². The number of benzene rings is 1. The third kappa shape index (κ3) is 3.69. The van der Waals surface area contributed by atoms with Crippen LogP contribution in [0.4, 0.5) is 4.39 Å². The van der Waals surface area contributed by atoms with Gasteiger partial charge < -0.3 is 0 Å². The number of rotatable bonds is 4. The minimum absolute atomic E-state index is 0.0183. The molecule has 3 nitrogen and oxygen atoms in total. The van der Waals surface area contributed by atoms with Crippen molar-refractivity contribution in [3.63, 3.8) is 0 Å². The van der Waals surface area contributed by atoms with Gasteiger partial charge in [0.05, 0.1) is 10.0 Å². The summed E-state index contributed by atoms with van der Waals surface area (Å²) in [6.07, 6.45) is 0. The van der Waals surface area contributed by atoms with Crippen LogP contribution in [0.25, 0.3) is 0 Å². The van der Waals surface area contributed by atoms with Gasteiger partial charge in [-0.25, -0.2) is 17.5 Å². The molecule has 1 aromatic rings. The average molecular weight is 321 g/mol. The maximum absolute atomic E-state index is 13.3. The zero-order valence-electron chi connectivity index (χ0n) is 8.68. The van der Waals surface area contributed by atoms with E-state index in [1.165, 1.54) is 0 Å². The molecule has 1 rings (SSSR count). The van der Waals surface area contributed by atoms with Crippen molar-refractivity contribution in [2.75, 3.05) is 6.54 Å². The highest BCUT2D eigenvalue weighted by molar-refractivity contribution is 7.89. The Balaban J connectivity index is 3.12. The molecule has 1 atom stereocenters. The van der Waals surface area contributed by atoms with E-state index in [2.05, 4.69) is 4.72 Å². The summed E-state index contributed by atoms with van der Waals surface area (Å²) in [5.41, 5.74) is 0. The van der Waals surface area contributed by atoms with Crippen LogP contribution in [-0.2, 0) is 10.0 Å². The van der Waals surface area contributed by atoms with Gasteiger partial charge in [0.25, 0.3) is 0 Å². The number of nitrogens with one attached hydrogen (secondary N) is 1. The van der Waals surface area contributed by atoms with Gasteiger partial charge in [-0.15, -0.1) is 11.6 Å². The Bertz CT molecular complexity index is 519. The molecule has 0 bridgehead atoms. The summed E-state index contributed by atoms with van der Waals surface area (Å²) in [6.45, 7) is 1.64. The Kier molecular flexibility index (Phi) is 5.04. The summed E-state index contributed by atoms with van der Waals surface area (Å²) in [5.74, 6) is -0.963. The molecule has 0 aliphatic carbocycles. The van der Waals surface area contributed by atoms with E-state index in [0.29, 0.717) is 0 Å². The third-order valence-electron chi connectivity index (χ3n) is 1.84. The Morgan fingerprint density at radius 1 is 1.41 bits per heavy atom. The van der Waals surface area contributed by atoms with Gasteiger partial charge in [-0.1, -0.05) is 23.2 Å². The van der Waals surface area contributed by atoms with Crippen LogP contribution in [0, 0.1) is 5.82 Å². The van der Waals surface area contributed by atoms with Crippen LogP contribution < -0.4 is 4.72 Å². The molecule has 0 amide bonds. The minimum Gasteiger partial charge on any atom is -0.210 e. The van der Waals surface area contributed by atoms with E-state index in [9.17, 15) is 12.8 Å². The third-order valence-corrected chi connectivity index (χ3v) is 4.24. The predicted octanol–water partition coefficient (Wildman–Crippen LogP) is 3.04. The second kappa shape index (κ2) is 5.71. The van der Waals surface area contributed by atoms with E-state index >= 15 is 0 Å². The smallest absolute Gasteiger partial charge is 0.210 e. The fraction of sp³-hybridized carbons (Fsp3) is 0.333. The van der Waals surface area contributed by atoms with Gasteiger partial charge in [0.2, 0.25) is 10.0 Å². The first-order valence-electron chi connectivity index (χ1n) is 4.53. The molecule has 8 heteroatoms. The van der Waals surface area contributed by atoms with E-state index < -0.39 is 20.9 Å². The monoisotopic (exact) mass is 319 g/mol. The molecule has 0 heterocycles. The van der Waals surface area contributed by atoms with Gasteiger partial charge in [0, 0.05) is 11.9 Å². The molecule has 0 saturated carbocycles. The molecule has 17 heavy (non-hydrogen) atoms. The van der Waals surface area contributed by atoms with Gasteiger partial charge in [0.1, 0.15) is 4.90 Å². The Morgan fingerprint density at radius 3 is 2.53 bits per heavy atom. The van der Waals surface area contributed by atoms with Crippen LogP contribution in [-0.4, -0.2) is 20.3 Å². The zero-order chi connectivity index (χ0) is 13.2. The van der Waals surface area contributed by atoms with Crippen molar-refractivity contribution in [3.05, 3.63) is 28.0 Å². The summed E-state index contributed by atoms with van der Waals surface area (Å²) < 4.78 is 39.1. The molecule has 1 aromatic carbocycles. The van der Waals surface area contributed by atoms with E-state index in [1.807, 2.05) is 0 Å². The second-order valence-corrected chi connectivity index (χ2v) is 6.57. The van der Waals surface area contributed by atoms with Crippen LogP contribution in [0.1, 0.15) is 6.92 Å². The van der Waals surface area contributed by atoms with Crippen LogP contribution in [0.15, 0.2) is 17.0 Å². The van der Waals surface area contributed by atoms with E-state index in [4.69, 9.17) is 34.8 Å². The Hall–Kier alpha value is -0.0700. The topological polar surface area (TPSA) is 46.2 Å². The lowest BCUT2D eigenvalue weighted by atomic mass is 10.3. The minimum atomic E-state index is -3.89. The molecule has 0 aromatic heterocycles. The molecular formula is C9H9Cl3FNO2S. The standard InChI is InChI=1S/C9H9Cl3FNO2S/c1-5(10)4-14-17(15,16)7-3-2-6(11)9(13)8(7)12/h2-3,5,14H,4H2,1H3. The maximum Gasteiger partial charge on any atom is 0.242 e.